The average molecular weight is 202 g/mol. The minimum absolute atomic E-state index is 0.446. The van der Waals surface area contributed by atoms with Gasteiger partial charge in [-0.3, -0.25) is 0 Å². The van der Waals surface area contributed by atoms with E-state index in [1.807, 2.05) is 19.1 Å². The fourth-order valence-electron chi connectivity index (χ4n) is 1.10. The van der Waals surface area contributed by atoms with E-state index in [9.17, 15) is 0 Å². The summed E-state index contributed by atoms with van der Waals surface area (Å²) in [4.78, 5) is 4.14. The van der Waals surface area contributed by atoms with E-state index >= 15 is 0 Å². The van der Waals surface area contributed by atoms with E-state index in [0.717, 1.165) is 12.1 Å². The summed E-state index contributed by atoms with van der Waals surface area (Å²) in [6.45, 7) is 3.26. The van der Waals surface area contributed by atoms with E-state index < -0.39 is 0 Å². The number of benzene rings is 1. The van der Waals surface area contributed by atoms with Gasteiger partial charge in [0.25, 0.3) is 0 Å². The van der Waals surface area contributed by atoms with Crippen LogP contribution in [0.5, 0.6) is 0 Å². The lowest BCUT2D eigenvalue weighted by Crippen LogP contribution is -2.31. The zero-order valence-electron chi connectivity index (χ0n) is 8.70. The normalized spacial score (nSPS) is 10.8. The first-order valence-corrected chi connectivity index (χ1v) is 4.79. The summed E-state index contributed by atoms with van der Waals surface area (Å²) in [5.41, 5.74) is 7.27. The summed E-state index contributed by atoms with van der Waals surface area (Å²) < 4.78 is 0. The van der Waals surface area contributed by atoms with Crippen molar-refractivity contribution in [2.45, 2.75) is 13.5 Å². The van der Waals surface area contributed by atoms with Crippen molar-refractivity contribution in [3.63, 3.8) is 0 Å². The molecule has 4 heteroatoms. The van der Waals surface area contributed by atoms with Gasteiger partial charge in [0.15, 0.2) is 5.96 Å². The number of hydrogen-bond donors (Lipinski definition) is 2. The van der Waals surface area contributed by atoms with Crippen molar-refractivity contribution in [2.75, 3.05) is 6.54 Å². The zero-order valence-corrected chi connectivity index (χ0v) is 8.70. The molecule has 0 amide bonds. The van der Waals surface area contributed by atoms with Crippen LogP contribution in [0.15, 0.2) is 29.3 Å². The van der Waals surface area contributed by atoms with Gasteiger partial charge in [-0.1, -0.05) is 12.1 Å². The van der Waals surface area contributed by atoms with Crippen LogP contribution < -0.4 is 11.1 Å². The molecule has 0 aromatic heterocycles. The number of nitrogens with two attached hydrogens (primary N) is 1. The van der Waals surface area contributed by atoms with Gasteiger partial charge < -0.3 is 11.1 Å². The van der Waals surface area contributed by atoms with Gasteiger partial charge in [0.1, 0.15) is 0 Å². The number of nitrogens with one attached hydrogen (secondary N) is 1. The zero-order chi connectivity index (χ0) is 11.1. The second kappa shape index (κ2) is 5.66. The lowest BCUT2D eigenvalue weighted by molar-refractivity contribution is 0.925. The van der Waals surface area contributed by atoms with Gasteiger partial charge in [0.05, 0.1) is 18.2 Å². The Balaban J connectivity index is 2.58. The Hall–Kier alpha value is -2.02. The van der Waals surface area contributed by atoms with Gasteiger partial charge in [-0.05, 0) is 24.6 Å². The fourth-order valence-corrected chi connectivity index (χ4v) is 1.10. The quantitative estimate of drug-likeness (QED) is 0.567. The highest BCUT2D eigenvalue weighted by molar-refractivity contribution is 5.77. The maximum absolute atomic E-state index is 8.61. The molecule has 3 N–H and O–H groups in total. The third-order valence-electron chi connectivity index (χ3n) is 1.87. The highest BCUT2D eigenvalue weighted by Crippen LogP contribution is 2.04. The van der Waals surface area contributed by atoms with Crippen LogP contribution in [0.25, 0.3) is 0 Å². The van der Waals surface area contributed by atoms with Crippen LogP contribution in [0.3, 0.4) is 0 Å². The predicted molar refractivity (Wildman–Crippen MR) is 60.2 cm³/mol. The summed E-state index contributed by atoms with van der Waals surface area (Å²) in [7, 11) is 0. The minimum Gasteiger partial charge on any atom is -0.370 e. The fraction of sp³-hybridized carbons (Fsp3) is 0.273. The van der Waals surface area contributed by atoms with Crippen LogP contribution in [0.1, 0.15) is 18.1 Å². The van der Waals surface area contributed by atoms with Crippen molar-refractivity contribution in [3.05, 3.63) is 35.4 Å². The third kappa shape index (κ3) is 3.69. The molecule has 1 rings (SSSR count). The van der Waals surface area contributed by atoms with Crippen molar-refractivity contribution in [2.24, 2.45) is 10.7 Å². The van der Waals surface area contributed by atoms with Crippen molar-refractivity contribution in [1.82, 2.24) is 5.32 Å². The summed E-state index contributed by atoms with van der Waals surface area (Å²) in [5.74, 6) is 0.446. The first-order valence-electron chi connectivity index (χ1n) is 4.79. The Morgan fingerprint density at radius 2 is 2.13 bits per heavy atom. The molecule has 0 saturated heterocycles. The molecule has 0 heterocycles. The van der Waals surface area contributed by atoms with Crippen molar-refractivity contribution in [1.29, 1.82) is 5.26 Å². The largest absolute Gasteiger partial charge is 0.370 e. The van der Waals surface area contributed by atoms with Crippen molar-refractivity contribution in [3.8, 4) is 6.07 Å². The predicted octanol–water partition coefficient (Wildman–Crippen LogP) is 0.982. The van der Waals surface area contributed by atoms with Crippen LogP contribution in [0, 0.1) is 11.3 Å². The second-order valence-corrected chi connectivity index (χ2v) is 3.04. The standard InChI is InChI=1S/C11H14N4/c1-2-14-11(13)15-8-10-5-3-9(7-12)4-6-10/h3-6H,2,8H2,1H3,(H3,13,14,15). The molecular weight excluding hydrogens is 188 g/mol. The van der Waals surface area contributed by atoms with E-state index in [-0.39, 0.29) is 0 Å². The topological polar surface area (TPSA) is 74.2 Å². The highest BCUT2D eigenvalue weighted by Gasteiger charge is 1.93. The number of aliphatic imine (C=N–C) groups is 1. The van der Waals surface area contributed by atoms with E-state index in [1.165, 1.54) is 0 Å². The number of nitrogens with zero attached hydrogens (tertiary/aromatic N) is 2. The third-order valence-corrected chi connectivity index (χ3v) is 1.87. The molecule has 0 bridgehead atoms. The molecule has 0 unspecified atom stereocenters. The number of hydrogen-bond acceptors (Lipinski definition) is 2. The van der Waals surface area contributed by atoms with E-state index in [0.29, 0.717) is 18.1 Å². The monoisotopic (exact) mass is 202 g/mol. The summed E-state index contributed by atoms with van der Waals surface area (Å²) in [6, 6.07) is 9.36. The molecule has 0 aliphatic heterocycles. The molecule has 0 atom stereocenters. The molecular formula is C11H14N4. The van der Waals surface area contributed by atoms with Gasteiger partial charge in [-0.25, -0.2) is 4.99 Å². The van der Waals surface area contributed by atoms with Crippen LogP contribution in [-0.4, -0.2) is 12.5 Å². The number of nitriles is 1. The molecule has 0 spiro atoms. The molecule has 0 aliphatic rings. The van der Waals surface area contributed by atoms with Crippen molar-refractivity contribution >= 4 is 5.96 Å². The minimum atomic E-state index is 0.446. The molecule has 78 valence electrons. The number of rotatable bonds is 3. The SMILES string of the molecule is CCNC(N)=NCc1ccc(C#N)cc1. The van der Waals surface area contributed by atoms with E-state index in [2.05, 4.69) is 16.4 Å². The lowest BCUT2D eigenvalue weighted by atomic mass is 10.1. The molecule has 0 radical (unpaired) electrons. The van der Waals surface area contributed by atoms with Crippen LogP contribution in [-0.2, 0) is 6.54 Å². The first kappa shape index (κ1) is 11.1. The van der Waals surface area contributed by atoms with Crippen LogP contribution in [0.2, 0.25) is 0 Å². The maximum atomic E-state index is 8.61. The Bertz CT molecular complexity index is 373. The van der Waals surface area contributed by atoms with Crippen molar-refractivity contribution < 1.29 is 0 Å². The maximum Gasteiger partial charge on any atom is 0.188 e. The molecule has 0 fully saturated rings. The smallest absolute Gasteiger partial charge is 0.188 e. The Labute approximate surface area is 89.4 Å². The second-order valence-electron chi connectivity index (χ2n) is 3.04. The summed E-state index contributed by atoms with van der Waals surface area (Å²) >= 11 is 0. The van der Waals surface area contributed by atoms with E-state index in [1.54, 1.807) is 12.1 Å². The Kier molecular flexibility index (Phi) is 4.17. The van der Waals surface area contributed by atoms with Gasteiger partial charge >= 0.3 is 0 Å². The van der Waals surface area contributed by atoms with Gasteiger partial charge in [0.2, 0.25) is 0 Å². The lowest BCUT2D eigenvalue weighted by Gasteiger charge is -2.01. The molecule has 1 aromatic carbocycles. The summed E-state index contributed by atoms with van der Waals surface area (Å²) in [5, 5.41) is 11.5. The summed E-state index contributed by atoms with van der Waals surface area (Å²) in [6.07, 6.45) is 0. The van der Waals surface area contributed by atoms with Gasteiger partial charge in [-0.15, -0.1) is 0 Å². The molecule has 1 aromatic rings. The highest BCUT2D eigenvalue weighted by atomic mass is 15.1. The van der Waals surface area contributed by atoms with Gasteiger partial charge in [-0.2, -0.15) is 5.26 Å². The first-order chi connectivity index (χ1) is 7.26. The van der Waals surface area contributed by atoms with Crippen LogP contribution >= 0.6 is 0 Å². The number of guanidine groups is 1. The molecule has 0 aliphatic carbocycles. The van der Waals surface area contributed by atoms with Gasteiger partial charge in [0, 0.05) is 6.54 Å². The Morgan fingerprint density at radius 3 is 2.67 bits per heavy atom. The Morgan fingerprint density at radius 1 is 1.47 bits per heavy atom. The molecule has 4 nitrogen and oxygen atoms in total. The van der Waals surface area contributed by atoms with Crippen LogP contribution in [0.4, 0.5) is 0 Å². The molecule has 15 heavy (non-hydrogen) atoms. The average Bonchev–Trinajstić information content (AvgIpc) is 2.27. The van der Waals surface area contributed by atoms with E-state index in [4.69, 9.17) is 11.0 Å². The molecule has 0 saturated carbocycles.